The minimum atomic E-state index is -0.0524. The Labute approximate surface area is 105 Å². The van der Waals surface area contributed by atoms with Crippen molar-refractivity contribution in [1.82, 2.24) is 0 Å². The number of carbonyl (C=O) groups is 1. The predicted molar refractivity (Wildman–Crippen MR) is 66.8 cm³/mol. The van der Waals surface area contributed by atoms with Crippen LogP contribution in [0.15, 0.2) is 27.1 Å². The molecule has 1 saturated heterocycles. The molecule has 0 bridgehead atoms. The molecule has 0 spiro atoms. The summed E-state index contributed by atoms with van der Waals surface area (Å²) in [6.07, 6.45) is 0.430. The van der Waals surface area contributed by atoms with Crippen molar-refractivity contribution in [1.29, 1.82) is 0 Å². The SMILES string of the molecule is NC1CC(=O)N(c2cc(Br)ccc2Br)C1. The molecule has 80 valence electrons. The van der Waals surface area contributed by atoms with Gasteiger partial charge in [0.05, 0.1) is 5.69 Å². The fourth-order valence-corrected chi connectivity index (χ4v) is 2.47. The van der Waals surface area contributed by atoms with Crippen LogP contribution in [-0.2, 0) is 4.79 Å². The summed E-state index contributed by atoms with van der Waals surface area (Å²) in [5.74, 6) is 0.0845. The molecule has 1 unspecified atom stereocenters. The number of hydrogen-bond donors (Lipinski definition) is 1. The van der Waals surface area contributed by atoms with E-state index in [1.807, 2.05) is 18.2 Å². The normalized spacial score (nSPS) is 21.1. The van der Waals surface area contributed by atoms with Gasteiger partial charge in [0, 0.05) is 28.0 Å². The highest BCUT2D eigenvalue weighted by Crippen LogP contribution is 2.31. The van der Waals surface area contributed by atoms with E-state index in [4.69, 9.17) is 5.73 Å². The van der Waals surface area contributed by atoms with Crippen molar-refractivity contribution in [2.45, 2.75) is 12.5 Å². The van der Waals surface area contributed by atoms with E-state index < -0.39 is 0 Å². The molecule has 3 nitrogen and oxygen atoms in total. The number of hydrogen-bond acceptors (Lipinski definition) is 2. The summed E-state index contributed by atoms with van der Waals surface area (Å²) in [6, 6.07) is 5.70. The van der Waals surface area contributed by atoms with Crippen molar-refractivity contribution in [3.05, 3.63) is 27.1 Å². The maximum Gasteiger partial charge on any atom is 0.228 e. The highest BCUT2D eigenvalue weighted by molar-refractivity contribution is 9.11. The Morgan fingerprint density at radius 2 is 2.13 bits per heavy atom. The molecule has 0 aliphatic carbocycles. The molecule has 5 heteroatoms. The second kappa shape index (κ2) is 4.23. The third-order valence-corrected chi connectivity index (χ3v) is 3.52. The van der Waals surface area contributed by atoms with E-state index in [0.717, 1.165) is 14.6 Å². The summed E-state index contributed by atoms with van der Waals surface area (Å²) in [5.41, 5.74) is 6.63. The number of anilines is 1. The average Bonchev–Trinajstić information content (AvgIpc) is 2.50. The lowest BCUT2D eigenvalue weighted by atomic mass is 10.3. The molecular weight excluding hydrogens is 324 g/mol. The molecule has 0 radical (unpaired) electrons. The van der Waals surface area contributed by atoms with Crippen molar-refractivity contribution in [3.8, 4) is 0 Å². The number of benzene rings is 1. The van der Waals surface area contributed by atoms with Gasteiger partial charge < -0.3 is 10.6 Å². The number of halogens is 2. The van der Waals surface area contributed by atoms with E-state index in [1.165, 1.54) is 0 Å². The smallest absolute Gasteiger partial charge is 0.228 e. The van der Waals surface area contributed by atoms with Gasteiger partial charge in [-0.05, 0) is 34.1 Å². The van der Waals surface area contributed by atoms with E-state index in [9.17, 15) is 4.79 Å². The lowest BCUT2D eigenvalue weighted by Gasteiger charge is -2.18. The summed E-state index contributed by atoms with van der Waals surface area (Å²) in [4.78, 5) is 13.4. The standard InChI is InChI=1S/C10H10Br2N2O/c11-6-1-2-8(12)9(3-6)14-5-7(13)4-10(14)15/h1-3,7H,4-5,13H2. The van der Waals surface area contributed by atoms with Crippen molar-refractivity contribution >= 4 is 43.5 Å². The van der Waals surface area contributed by atoms with Crippen LogP contribution in [0, 0.1) is 0 Å². The van der Waals surface area contributed by atoms with Crippen molar-refractivity contribution in [3.63, 3.8) is 0 Å². The summed E-state index contributed by atoms with van der Waals surface area (Å²) >= 11 is 6.82. The minimum absolute atomic E-state index is 0.0524. The van der Waals surface area contributed by atoms with Crippen LogP contribution < -0.4 is 10.6 Å². The van der Waals surface area contributed by atoms with E-state index in [2.05, 4.69) is 31.9 Å². The topological polar surface area (TPSA) is 46.3 Å². The maximum absolute atomic E-state index is 11.7. The van der Waals surface area contributed by atoms with Crippen LogP contribution in [0.2, 0.25) is 0 Å². The van der Waals surface area contributed by atoms with Crippen molar-refractivity contribution in [2.24, 2.45) is 5.73 Å². The van der Waals surface area contributed by atoms with Gasteiger partial charge >= 0.3 is 0 Å². The highest BCUT2D eigenvalue weighted by Gasteiger charge is 2.29. The number of carbonyl (C=O) groups excluding carboxylic acids is 1. The molecule has 1 aliphatic heterocycles. The lowest BCUT2D eigenvalue weighted by molar-refractivity contribution is -0.117. The molecule has 15 heavy (non-hydrogen) atoms. The quantitative estimate of drug-likeness (QED) is 0.857. The first-order valence-electron chi connectivity index (χ1n) is 4.59. The summed E-state index contributed by atoms with van der Waals surface area (Å²) < 4.78 is 1.86. The Hall–Kier alpha value is -0.390. The van der Waals surface area contributed by atoms with Gasteiger partial charge in [0.15, 0.2) is 0 Å². The minimum Gasteiger partial charge on any atom is -0.326 e. The zero-order valence-electron chi connectivity index (χ0n) is 7.91. The van der Waals surface area contributed by atoms with Gasteiger partial charge in [-0.1, -0.05) is 15.9 Å². The van der Waals surface area contributed by atoms with E-state index in [-0.39, 0.29) is 11.9 Å². The zero-order chi connectivity index (χ0) is 11.0. The van der Waals surface area contributed by atoms with Gasteiger partial charge in [-0.2, -0.15) is 0 Å². The molecular formula is C10H10Br2N2O. The third-order valence-electron chi connectivity index (χ3n) is 2.35. The largest absolute Gasteiger partial charge is 0.326 e. The van der Waals surface area contributed by atoms with Crippen LogP contribution >= 0.6 is 31.9 Å². The lowest BCUT2D eigenvalue weighted by Crippen LogP contribution is -2.28. The average molecular weight is 334 g/mol. The first kappa shape index (κ1) is 11.1. The predicted octanol–water partition coefficient (Wildman–Crippen LogP) is 2.28. The first-order valence-corrected chi connectivity index (χ1v) is 6.17. The van der Waals surface area contributed by atoms with Gasteiger partial charge in [-0.15, -0.1) is 0 Å². The first-order chi connectivity index (χ1) is 7.08. The highest BCUT2D eigenvalue weighted by atomic mass is 79.9. The Balaban J connectivity index is 2.37. The molecule has 1 fully saturated rings. The van der Waals surface area contributed by atoms with Gasteiger partial charge in [-0.25, -0.2) is 0 Å². The molecule has 1 aliphatic rings. The molecule has 1 aromatic rings. The number of rotatable bonds is 1. The Morgan fingerprint density at radius 1 is 1.40 bits per heavy atom. The monoisotopic (exact) mass is 332 g/mol. The number of nitrogens with zero attached hydrogens (tertiary/aromatic N) is 1. The van der Waals surface area contributed by atoms with E-state index in [0.29, 0.717) is 13.0 Å². The summed E-state index contributed by atoms with van der Waals surface area (Å²) in [7, 11) is 0. The van der Waals surface area contributed by atoms with Crippen LogP contribution in [0.25, 0.3) is 0 Å². The fourth-order valence-electron chi connectivity index (χ4n) is 1.66. The molecule has 1 amide bonds. The van der Waals surface area contributed by atoms with Crippen LogP contribution in [0.1, 0.15) is 6.42 Å². The van der Waals surface area contributed by atoms with Crippen LogP contribution in [0.3, 0.4) is 0 Å². The van der Waals surface area contributed by atoms with Gasteiger partial charge in [-0.3, -0.25) is 4.79 Å². The van der Waals surface area contributed by atoms with Crippen LogP contribution in [0.5, 0.6) is 0 Å². The third kappa shape index (κ3) is 2.24. The molecule has 1 aromatic carbocycles. The van der Waals surface area contributed by atoms with E-state index >= 15 is 0 Å². The van der Waals surface area contributed by atoms with Gasteiger partial charge in [0.25, 0.3) is 0 Å². The summed E-state index contributed by atoms with van der Waals surface area (Å²) in [5, 5.41) is 0. The Kier molecular flexibility index (Phi) is 3.13. The molecule has 2 N–H and O–H groups in total. The number of nitrogens with two attached hydrogens (primary N) is 1. The van der Waals surface area contributed by atoms with Crippen LogP contribution in [-0.4, -0.2) is 18.5 Å². The Bertz CT molecular complexity index is 408. The second-order valence-corrected chi connectivity index (χ2v) is 5.33. The van der Waals surface area contributed by atoms with E-state index in [1.54, 1.807) is 4.90 Å². The molecule has 1 heterocycles. The van der Waals surface area contributed by atoms with Gasteiger partial charge in [0.2, 0.25) is 5.91 Å². The molecule has 2 rings (SSSR count). The van der Waals surface area contributed by atoms with Crippen LogP contribution in [0.4, 0.5) is 5.69 Å². The van der Waals surface area contributed by atoms with Crippen molar-refractivity contribution < 1.29 is 4.79 Å². The molecule has 0 saturated carbocycles. The Morgan fingerprint density at radius 3 is 2.73 bits per heavy atom. The fraction of sp³-hybridized carbons (Fsp3) is 0.300. The zero-order valence-corrected chi connectivity index (χ0v) is 11.1. The number of amides is 1. The van der Waals surface area contributed by atoms with Gasteiger partial charge in [0.1, 0.15) is 0 Å². The van der Waals surface area contributed by atoms with Crippen molar-refractivity contribution in [2.75, 3.05) is 11.4 Å². The second-order valence-electron chi connectivity index (χ2n) is 3.56. The molecule has 0 aromatic heterocycles. The molecule has 1 atom stereocenters. The summed E-state index contributed by atoms with van der Waals surface area (Å²) in [6.45, 7) is 0.591. The maximum atomic E-state index is 11.7.